The maximum absolute atomic E-state index is 7.76. The van der Waals surface area contributed by atoms with Gasteiger partial charge in [0.1, 0.15) is 5.58 Å². The van der Waals surface area contributed by atoms with Crippen molar-refractivity contribution in [1.82, 2.24) is 0 Å². The molecule has 0 spiro atoms. The highest BCUT2D eigenvalue weighted by molar-refractivity contribution is 7.00. The van der Waals surface area contributed by atoms with Gasteiger partial charge in [0.05, 0.1) is 25.1 Å². The van der Waals surface area contributed by atoms with Gasteiger partial charge in [0.15, 0.2) is 0 Å². The van der Waals surface area contributed by atoms with Gasteiger partial charge < -0.3 is 14.2 Å². The second kappa shape index (κ2) is 15.9. The molecule has 0 radical (unpaired) electrons. The average Bonchev–Trinajstić information content (AvgIpc) is 3.81. The van der Waals surface area contributed by atoms with Crippen LogP contribution in [-0.4, -0.2) is 14.8 Å². The number of hydrogen-bond acceptors (Lipinski definition) is 3. The first-order valence-electron chi connectivity index (χ1n) is 28.7. The summed E-state index contributed by atoms with van der Waals surface area (Å²) in [4.78, 5) is 5.38. The number of aryl methyl sites for hydroxylation is 1. The Hall–Kier alpha value is -5.26. The van der Waals surface area contributed by atoms with Crippen molar-refractivity contribution >= 4 is 81.7 Å². The summed E-state index contributed by atoms with van der Waals surface area (Å²) >= 11 is 0. The third kappa shape index (κ3) is 7.68. The van der Waals surface area contributed by atoms with Crippen LogP contribution in [0.3, 0.4) is 0 Å². The minimum Gasteiger partial charge on any atom is -0.468 e. The van der Waals surface area contributed by atoms with Crippen molar-refractivity contribution in [2.45, 2.75) is 207 Å². The molecule has 3 nitrogen and oxygen atoms in total. The second-order valence-corrected chi connectivity index (χ2v) is 35.4. The number of anilines is 6. The lowest BCUT2D eigenvalue weighted by Gasteiger charge is -2.47. The van der Waals surface area contributed by atoms with Crippen LogP contribution in [0.2, 0.25) is 19.6 Å². The molecule has 0 unspecified atom stereocenters. The Labute approximate surface area is 453 Å². The van der Waals surface area contributed by atoms with Crippen molar-refractivity contribution in [2.24, 2.45) is 0 Å². The minimum atomic E-state index is -1.56. The molecule has 7 aromatic rings. The molecule has 0 saturated carbocycles. The summed E-state index contributed by atoms with van der Waals surface area (Å²) in [5.41, 5.74) is 26.4. The summed E-state index contributed by atoms with van der Waals surface area (Å²) in [5, 5.41) is 2.71. The molecular formula is C70H85BN2OSi. The number of benzene rings is 6. The molecular weight excluding hydrogens is 924 g/mol. The monoisotopic (exact) mass is 1010 g/mol. The van der Waals surface area contributed by atoms with Crippen molar-refractivity contribution in [2.75, 3.05) is 9.80 Å². The predicted molar refractivity (Wildman–Crippen MR) is 328 cm³/mol. The van der Waals surface area contributed by atoms with E-state index in [0.29, 0.717) is 0 Å². The van der Waals surface area contributed by atoms with E-state index in [-0.39, 0.29) is 44.6 Å². The van der Waals surface area contributed by atoms with Crippen LogP contribution in [0.4, 0.5) is 34.1 Å². The van der Waals surface area contributed by atoms with E-state index in [1.807, 2.05) is 0 Å². The molecule has 0 amide bonds. The highest BCUT2D eigenvalue weighted by atomic mass is 28.3. The van der Waals surface area contributed by atoms with Crippen molar-refractivity contribution < 1.29 is 4.42 Å². The first kappa shape index (κ1) is 50.6. The summed E-state index contributed by atoms with van der Waals surface area (Å²) in [5.74, 6) is 0. The quantitative estimate of drug-likeness (QED) is 0.164. The molecule has 0 fully saturated rings. The average molecular weight is 1010 g/mol. The van der Waals surface area contributed by atoms with Gasteiger partial charge >= 0.3 is 0 Å². The minimum absolute atomic E-state index is 0.00670. The van der Waals surface area contributed by atoms with Gasteiger partial charge in [-0.1, -0.05) is 171 Å². The van der Waals surface area contributed by atoms with Crippen molar-refractivity contribution in [3.05, 3.63) is 142 Å². The van der Waals surface area contributed by atoms with Crippen molar-refractivity contribution in [1.29, 1.82) is 0 Å². The maximum Gasteiger partial charge on any atom is 0.297 e. The van der Waals surface area contributed by atoms with E-state index in [4.69, 9.17) is 4.42 Å². The third-order valence-corrected chi connectivity index (χ3v) is 22.1. The fourth-order valence-corrected chi connectivity index (χ4v) is 15.7. The predicted octanol–water partition coefficient (Wildman–Crippen LogP) is 17.4. The second-order valence-electron chi connectivity index (χ2n) is 30.3. The fraction of sp³-hybridized carbons (Fsp3) is 0.457. The van der Waals surface area contributed by atoms with E-state index in [1.165, 1.54) is 118 Å². The van der Waals surface area contributed by atoms with Gasteiger partial charge in [0.2, 0.25) is 0 Å². The maximum atomic E-state index is 7.76. The molecule has 75 heavy (non-hydrogen) atoms. The van der Waals surface area contributed by atoms with E-state index in [9.17, 15) is 0 Å². The molecule has 3 aliphatic carbocycles. The molecule has 0 atom stereocenters. The number of rotatable bonds is 4. The molecule has 12 rings (SSSR count). The molecule has 5 heteroatoms. The zero-order valence-electron chi connectivity index (χ0n) is 49.4. The highest BCUT2D eigenvalue weighted by Gasteiger charge is 2.51. The van der Waals surface area contributed by atoms with Gasteiger partial charge in [0, 0.05) is 33.7 Å². The molecule has 1 aromatic heterocycles. The van der Waals surface area contributed by atoms with E-state index in [1.54, 1.807) is 0 Å². The van der Waals surface area contributed by atoms with Crippen molar-refractivity contribution in [3.63, 3.8) is 0 Å². The molecule has 3 heterocycles. The largest absolute Gasteiger partial charge is 0.468 e. The Balaban J connectivity index is 1.23. The summed E-state index contributed by atoms with van der Waals surface area (Å²) in [7, 11) is -1.56. The van der Waals surface area contributed by atoms with Crippen LogP contribution in [0.15, 0.2) is 101 Å². The van der Waals surface area contributed by atoms with Crippen LogP contribution in [-0.2, 0) is 37.9 Å². The smallest absolute Gasteiger partial charge is 0.297 e. The molecule has 5 aliphatic rings. The number of fused-ring (bicyclic) bond motifs is 9. The zero-order chi connectivity index (χ0) is 53.7. The van der Waals surface area contributed by atoms with Crippen LogP contribution >= 0.6 is 0 Å². The number of hydrogen-bond donors (Lipinski definition) is 0. The highest BCUT2D eigenvalue weighted by Crippen LogP contribution is 2.56. The molecule has 0 N–H and O–H groups in total. The molecule has 0 saturated heterocycles. The first-order valence-corrected chi connectivity index (χ1v) is 32.2. The Morgan fingerprint density at radius 1 is 0.493 bits per heavy atom. The topological polar surface area (TPSA) is 19.6 Å². The van der Waals surface area contributed by atoms with Gasteiger partial charge in [-0.15, -0.1) is 0 Å². The molecule has 388 valence electrons. The van der Waals surface area contributed by atoms with Crippen LogP contribution in [0, 0.1) is 6.92 Å². The Morgan fingerprint density at radius 2 is 0.947 bits per heavy atom. The Bertz CT molecular complexity index is 3530. The van der Waals surface area contributed by atoms with E-state index in [0.717, 1.165) is 43.3 Å². The van der Waals surface area contributed by atoms with Crippen LogP contribution in [0.25, 0.3) is 22.1 Å². The number of furan rings is 1. The fourth-order valence-electron chi connectivity index (χ4n) is 14.5. The van der Waals surface area contributed by atoms with Crippen LogP contribution < -0.4 is 31.6 Å². The van der Waals surface area contributed by atoms with E-state index in [2.05, 4.69) is 237 Å². The summed E-state index contributed by atoms with van der Waals surface area (Å²) < 4.78 is 7.76. The lowest BCUT2D eigenvalue weighted by Crippen LogP contribution is -2.61. The van der Waals surface area contributed by atoms with Crippen LogP contribution in [0.1, 0.15) is 187 Å². The summed E-state index contributed by atoms with van der Waals surface area (Å²) in [6.45, 7) is 46.3. The standard InChI is InChI=1S/C70H85BN2OSi/c1-42-34-58-61-59(35-42)73(56-39-52-49(65(5,6)28-31-68(52,11)12)36-47(56)43-20-26-46(27-21-43)75(17,18)19)57-40-53-51(67(9,10)30-32-69(53,13)14)38-55(57)71(61)63-62(72(58)45-24-22-44(23-25-45)64(2,3)4)48-37-50-54(41-60(48)74-63)70(15,16)33-29-66(50,7)8/h20-27,34-41H,28-33H2,1-19H3. The van der Waals surface area contributed by atoms with Crippen molar-refractivity contribution in [3.8, 4) is 11.1 Å². The van der Waals surface area contributed by atoms with Crippen LogP contribution in [0.5, 0.6) is 0 Å². The Morgan fingerprint density at radius 3 is 1.45 bits per heavy atom. The van der Waals surface area contributed by atoms with E-state index < -0.39 is 8.07 Å². The first-order chi connectivity index (χ1) is 34.8. The molecule has 2 aliphatic heterocycles. The molecule has 6 aromatic carbocycles. The lowest BCUT2D eigenvalue weighted by molar-refractivity contribution is 0.332. The Kier molecular flexibility index (Phi) is 10.7. The summed E-state index contributed by atoms with van der Waals surface area (Å²) in [6, 6.07) is 40.0. The van der Waals surface area contributed by atoms with E-state index >= 15 is 0 Å². The van der Waals surface area contributed by atoms with Gasteiger partial charge in [-0.3, -0.25) is 0 Å². The van der Waals surface area contributed by atoms with Gasteiger partial charge in [0.25, 0.3) is 6.71 Å². The SMILES string of the molecule is Cc1cc2c3c(c1)N(c1ccc(C(C)(C)C)cc1)c1c(oc4cc5c(cc14)C(C)(C)CCC5(C)C)B3c1cc3c(cc1N2c1cc2c(cc1-c1ccc([Si](C)(C)C)cc1)C(C)(C)CCC2(C)C)C(C)(C)CCC3(C)C. The summed E-state index contributed by atoms with van der Waals surface area (Å²) in [6.07, 6.45) is 6.94. The zero-order valence-corrected chi connectivity index (χ0v) is 50.4. The third-order valence-electron chi connectivity index (χ3n) is 20.0. The normalized spacial score (nSPS) is 20.2. The van der Waals surface area contributed by atoms with Gasteiger partial charge in [-0.2, -0.15) is 0 Å². The molecule has 0 bridgehead atoms. The van der Waals surface area contributed by atoms with Gasteiger partial charge in [-0.25, -0.2) is 0 Å². The lowest BCUT2D eigenvalue weighted by atomic mass is 9.35. The number of nitrogens with zero attached hydrogens (tertiary/aromatic N) is 2. The van der Waals surface area contributed by atoms with Gasteiger partial charge in [-0.05, 0) is 199 Å².